The van der Waals surface area contributed by atoms with E-state index in [0.717, 1.165) is 19.3 Å². The van der Waals surface area contributed by atoms with Gasteiger partial charge in [0.25, 0.3) is 5.91 Å². The summed E-state index contributed by atoms with van der Waals surface area (Å²) in [5.41, 5.74) is 0.763. The van der Waals surface area contributed by atoms with E-state index < -0.39 is 27.9 Å². The largest absolute Gasteiger partial charge is 0.482 e. The Bertz CT molecular complexity index is 1220. The number of amides is 1. The normalized spacial score (nSPS) is 19.4. The highest BCUT2D eigenvalue weighted by atomic mass is 32.2. The highest BCUT2D eigenvalue weighted by molar-refractivity contribution is 7.89. The average Bonchev–Trinajstić information content (AvgIpc) is 2.83. The number of fused-ring (bicyclic) bond motifs is 1. The lowest BCUT2D eigenvalue weighted by Crippen LogP contribution is -2.41. The lowest BCUT2D eigenvalue weighted by molar-refractivity contribution is -0.118. The number of anilines is 1. The number of ether oxygens (including phenoxy) is 2. The van der Waals surface area contributed by atoms with Gasteiger partial charge in [-0.2, -0.15) is 4.31 Å². The molecule has 2 aromatic carbocycles. The number of ketones is 1. The Morgan fingerprint density at radius 1 is 1.12 bits per heavy atom. The number of carbonyl (C=O) groups is 3. The number of hydrogen-bond donors (Lipinski definition) is 1. The first-order valence-electron chi connectivity index (χ1n) is 11.1. The molecule has 2 atom stereocenters. The molecule has 9 nitrogen and oxygen atoms in total. The molecule has 1 N–H and O–H groups in total. The van der Waals surface area contributed by atoms with Crippen molar-refractivity contribution in [3.8, 4) is 5.75 Å². The van der Waals surface area contributed by atoms with Crippen molar-refractivity contribution in [2.75, 3.05) is 18.5 Å². The monoisotopic (exact) mass is 486 g/mol. The van der Waals surface area contributed by atoms with Crippen molar-refractivity contribution in [1.82, 2.24) is 4.31 Å². The third-order valence-corrected chi connectivity index (χ3v) is 8.02. The summed E-state index contributed by atoms with van der Waals surface area (Å²) in [6, 6.07) is 10.0. The van der Waals surface area contributed by atoms with Gasteiger partial charge >= 0.3 is 5.97 Å². The average molecular weight is 487 g/mol. The number of hydrogen-bond acceptors (Lipinski definition) is 7. The predicted molar refractivity (Wildman–Crippen MR) is 123 cm³/mol. The Kier molecular flexibility index (Phi) is 6.72. The van der Waals surface area contributed by atoms with Gasteiger partial charge in [-0.3, -0.25) is 9.59 Å². The van der Waals surface area contributed by atoms with Gasteiger partial charge in [0.2, 0.25) is 15.8 Å². The van der Waals surface area contributed by atoms with Crippen LogP contribution in [-0.2, 0) is 19.6 Å². The van der Waals surface area contributed by atoms with Crippen LogP contribution in [0, 0.1) is 0 Å². The van der Waals surface area contributed by atoms with Crippen molar-refractivity contribution in [1.29, 1.82) is 0 Å². The fraction of sp³-hybridized carbons (Fsp3) is 0.375. The van der Waals surface area contributed by atoms with E-state index in [1.807, 2.05) is 6.92 Å². The van der Waals surface area contributed by atoms with Crippen molar-refractivity contribution in [3.05, 3.63) is 53.6 Å². The van der Waals surface area contributed by atoms with Gasteiger partial charge in [0.1, 0.15) is 5.75 Å². The molecule has 1 saturated heterocycles. The van der Waals surface area contributed by atoms with E-state index in [1.165, 1.54) is 47.6 Å². The highest BCUT2D eigenvalue weighted by Gasteiger charge is 2.31. The third kappa shape index (κ3) is 4.83. The SMILES string of the molecule is C[C@H](OC(=O)c1ccc(S(=O)(=O)N2CCCC[C@@H]2C)cc1)C(=O)c1ccc2c(c1)NC(=O)CO2. The summed E-state index contributed by atoms with van der Waals surface area (Å²) in [4.78, 5) is 36.9. The number of sulfonamides is 1. The van der Waals surface area contributed by atoms with Crippen molar-refractivity contribution in [2.45, 2.75) is 50.2 Å². The van der Waals surface area contributed by atoms with Crippen molar-refractivity contribution >= 4 is 33.4 Å². The van der Waals surface area contributed by atoms with E-state index in [-0.39, 0.29) is 34.6 Å². The molecule has 2 aliphatic rings. The van der Waals surface area contributed by atoms with Crippen LogP contribution in [0.4, 0.5) is 5.69 Å². The van der Waals surface area contributed by atoms with Gasteiger partial charge in [-0.1, -0.05) is 6.42 Å². The van der Waals surface area contributed by atoms with Crippen LogP contribution in [0.15, 0.2) is 47.4 Å². The van der Waals surface area contributed by atoms with Crippen LogP contribution in [-0.4, -0.2) is 55.7 Å². The number of esters is 1. The Hall–Kier alpha value is -3.24. The number of piperidine rings is 1. The van der Waals surface area contributed by atoms with E-state index in [0.29, 0.717) is 18.0 Å². The van der Waals surface area contributed by atoms with Crippen LogP contribution in [0.5, 0.6) is 5.75 Å². The molecule has 4 rings (SSSR count). The van der Waals surface area contributed by atoms with Crippen LogP contribution < -0.4 is 10.1 Å². The van der Waals surface area contributed by atoms with Crippen LogP contribution in [0.25, 0.3) is 0 Å². The Balaban J connectivity index is 1.43. The second kappa shape index (κ2) is 9.55. The molecule has 1 amide bonds. The van der Waals surface area contributed by atoms with Crippen LogP contribution in [0.2, 0.25) is 0 Å². The smallest absolute Gasteiger partial charge is 0.338 e. The number of nitrogens with zero attached hydrogens (tertiary/aromatic N) is 1. The Labute approximate surface area is 198 Å². The fourth-order valence-electron chi connectivity index (χ4n) is 4.08. The molecule has 2 aromatic rings. The molecule has 0 bridgehead atoms. The maximum Gasteiger partial charge on any atom is 0.338 e. The van der Waals surface area contributed by atoms with E-state index in [1.54, 1.807) is 6.07 Å². The van der Waals surface area contributed by atoms with Gasteiger partial charge in [-0.25, -0.2) is 13.2 Å². The molecule has 2 heterocycles. The second-order valence-electron chi connectivity index (χ2n) is 8.44. The first kappa shape index (κ1) is 23.9. The third-order valence-electron chi connectivity index (χ3n) is 5.99. The predicted octanol–water partition coefficient (Wildman–Crippen LogP) is 3.01. The summed E-state index contributed by atoms with van der Waals surface area (Å²) in [5, 5.41) is 2.63. The highest BCUT2D eigenvalue weighted by Crippen LogP contribution is 2.29. The summed E-state index contributed by atoms with van der Waals surface area (Å²) in [6.07, 6.45) is 1.55. The van der Waals surface area contributed by atoms with Gasteiger partial charge in [0.05, 0.1) is 16.1 Å². The molecule has 0 saturated carbocycles. The molecule has 180 valence electrons. The van der Waals surface area contributed by atoms with Crippen molar-refractivity contribution < 1.29 is 32.3 Å². The molecular weight excluding hydrogens is 460 g/mol. The van der Waals surface area contributed by atoms with Gasteiger partial charge in [0.15, 0.2) is 12.7 Å². The number of carbonyl (C=O) groups excluding carboxylic acids is 3. The van der Waals surface area contributed by atoms with Gasteiger partial charge in [0, 0.05) is 18.2 Å². The quantitative estimate of drug-likeness (QED) is 0.492. The number of nitrogens with one attached hydrogen (secondary N) is 1. The minimum atomic E-state index is -3.65. The molecule has 0 aliphatic carbocycles. The van der Waals surface area contributed by atoms with Crippen LogP contribution in [0.1, 0.15) is 53.8 Å². The van der Waals surface area contributed by atoms with Gasteiger partial charge in [-0.05, 0) is 69.2 Å². The summed E-state index contributed by atoms with van der Waals surface area (Å²) < 4.78 is 38.0. The standard InChI is InChI=1S/C24H26N2O7S/c1-15-5-3-4-12-26(15)34(30,31)19-9-6-17(7-10-19)24(29)33-16(2)23(28)18-8-11-21-20(13-18)25-22(27)14-32-21/h6-11,13,15-16H,3-5,12,14H2,1-2H3,(H,25,27)/t15-,16-/m0/s1. The van der Waals surface area contributed by atoms with E-state index >= 15 is 0 Å². The lowest BCUT2D eigenvalue weighted by Gasteiger charge is -2.32. The van der Waals surface area contributed by atoms with Crippen LogP contribution in [0.3, 0.4) is 0 Å². The van der Waals surface area contributed by atoms with Gasteiger partial charge in [-0.15, -0.1) is 0 Å². The minimum absolute atomic E-state index is 0.0706. The molecule has 34 heavy (non-hydrogen) atoms. The summed E-state index contributed by atoms with van der Waals surface area (Å²) >= 11 is 0. The summed E-state index contributed by atoms with van der Waals surface area (Å²) in [6.45, 7) is 3.73. The number of rotatable bonds is 6. The zero-order valence-electron chi connectivity index (χ0n) is 18.9. The second-order valence-corrected chi connectivity index (χ2v) is 10.3. The summed E-state index contributed by atoms with van der Waals surface area (Å²) in [5.74, 6) is -1.06. The van der Waals surface area contributed by atoms with E-state index in [4.69, 9.17) is 9.47 Å². The molecule has 0 spiro atoms. The zero-order chi connectivity index (χ0) is 24.5. The molecule has 0 aromatic heterocycles. The van der Waals surface area contributed by atoms with Crippen molar-refractivity contribution in [3.63, 3.8) is 0 Å². The topological polar surface area (TPSA) is 119 Å². The maximum absolute atomic E-state index is 13.0. The minimum Gasteiger partial charge on any atom is -0.482 e. The lowest BCUT2D eigenvalue weighted by atomic mass is 10.1. The van der Waals surface area contributed by atoms with Crippen molar-refractivity contribution in [2.24, 2.45) is 0 Å². The molecule has 1 fully saturated rings. The van der Waals surface area contributed by atoms with E-state index in [2.05, 4.69) is 5.32 Å². The molecule has 0 unspecified atom stereocenters. The first-order chi connectivity index (χ1) is 16.2. The molecule has 0 radical (unpaired) electrons. The first-order valence-corrected chi connectivity index (χ1v) is 12.5. The number of Topliss-reactive ketones (excluding diaryl/α,β-unsaturated/α-hetero) is 1. The zero-order valence-corrected chi connectivity index (χ0v) is 19.8. The van der Waals surface area contributed by atoms with Gasteiger partial charge < -0.3 is 14.8 Å². The maximum atomic E-state index is 13.0. The van der Waals surface area contributed by atoms with Crippen LogP contribution >= 0.6 is 0 Å². The Morgan fingerprint density at radius 2 is 1.82 bits per heavy atom. The fourth-order valence-corrected chi connectivity index (χ4v) is 5.78. The van der Waals surface area contributed by atoms with E-state index in [9.17, 15) is 22.8 Å². The Morgan fingerprint density at radius 3 is 2.53 bits per heavy atom. The molecule has 10 heteroatoms. The molecular formula is C24H26N2O7S. The number of benzene rings is 2. The summed E-state index contributed by atoms with van der Waals surface area (Å²) in [7, 11) is -3.65. The molecule has 2 aliphatic heterocycles.